The van der Waals surface area contributed by atoms with E-state index in [1.54, 1.807) is 0 Å². The molecule has 0 aliphatic rings. The number of ether oxygens (including phenoxy) is 1. The maximum atomic E-state index is 12.0. The van der Waals surface area contributed by atoms with Crippen molar-refractivity contribution < 1.29 is 23.6 Å². The molecule has 0 aromatic heterocycles. The number of amides is 3. The molecule has 1 aromatic carbocycles. The standard InChI is InChI=1S/C13H17FN4O5/c1-8(12(19)15-6-5-14)16-13(20)17-10-7-9(18(21)22)3-4-11(10)23-2/h3-4,7-8H,5-6H2,1-2H3,(H,15,19)(H2,16,17,20)/t8-/m0/s1. The van der Waals surface area contributed by atoms with Crippen molar-refractivity contribution in [1.82, 2.24) is 10.6 Å². The van der Waals surface area contributed by atoms with E-state index in [1.807, 2.05) is 0 Å². The van der Waals surface area contributed by atoms with Gasteiger partial charge in [-0.2, -0.15) is 0 Å². The number of benzene rings is 1. The minimum Gasteiger partial charge on any atom is -0.495 e. The molecule has 0 bridgehead atoms. The number of nitro groups is 1. The summed E-state index contributed by atoms with van der Waals surface area (Å²) >= 11 is 0. The summed E-state index contributed by atoms with van der Waals surface area (Å²) in [7, 11) is 1.34. The molecule has 0 saturated heterocycles. The van der Waals surface area contributed by atoms with E-state index in [9.17, 15) is 24.1 Å². The fourth-order valence-electron chi connectivity index (χ4n) is 1.65. The van der Waals surface area contributed by atoms with Gasteiger partial charge in [0.05, 0.1) is 17.7 Å². The van der Waals surface area contributed by atoms with Crippen LogP contribution >= 0.6 is 0 Å². The highest BCUT2D eigenvalue weighted by Gasteiger charge is 2.17. The molecule has 0 unspecified atom stereocenters. The second kappa shape index (κ2) is 8.51. The van der Waals surface area contributed by atoms with Crippen molar-refractivity contribution in [3.8, 4) is 5.75 Å². The van der Waals surface area contributed by atoms with Gasteiger partial charge in [-0.1, -0.05) is 0 Å². The van der Waals surface area contributed by atoms with E-state index < -0.39 is 29.6 Å². The second-order valence-electron chi connectivity index (χ2n) is 4.44. The van der Waals surface area contributed by atoms with Crippen LogP contribution < -0.4 is 20.7 Å². The minimum absolute atomic E-state index is 0.0792. The SMILES string of the molecule is COc1ccc([N+](=O)[O-])cc1NC(=O)N[C@@H](C)C(=O)NCCF. The topological polar surface area (TPSA) is 123 Å². The third-order valence-electron chi connectivity index (χ3n) is 2.78. The lowest BCUT2D eigenvalue weighted by Gasteiger charge is -2.15. The number of nitrogens with zero attached hydrogens (tertiary/aromatic N) is 1. The van der Waals surface area contributed by atoms with Crippen molar-refractivity contribution in [2.75, 3.05) is 25.6 Å². The van der Waals surface area contributed by atoms with E-state index in [1.165, 1.54) is 26.2 Å². The van der Waals surface area contributed by atoms with Crippen LogP contribution in [0.5, 0.6) is 5.75 Å². The normalized spacial score (nSPS) is 11.3. The smallest absolute Gasteiger partial charge is 0.319 e. The Morgan fingerprint density at radius 1 is 1.43 bits per heavy atom. The summed E-state index contributed by atoms with van der Waals surface area (Å²) in [6.45, 7) is 0.554. The highest BCUT2D eigenvalue weighted by molar-refractivity contribution is 5.94. The quantitative estimate of drug-likeness (QED) is 0.513. The highest BCUT2D eigenvalue weighted by Crippen LogP contribution is 2.28. The van der Waals surface area contributed by atoms with Gasteiger partial charge in [0.2, 0.25) is 5.91 Å². The molecule has 126 valence electrons. The van der Waals surface area contributed by atoms with Crippen LogP contribution in [0.15, 0.2) is 18.2 Å². The molecular weight excluding hydrogens is 311 g/mol. The number of hydrogen-bond donors (Lipinski definition) is 3. The molecule has 1 rings (SSSR count). The molecule has 3 amide bonds. The van der Waals surface area contributed by atoms with Crippen LogP contribution in [0.1, 0.15) is 6.92 Å². The van der Waals surface area contributed by atoms with Crippen LogP contribution in [-0.2, 0) is 4.79 Å². The zero-order valence-corrected chi connectivity index (χ0v) is 12.6. The van der Waals surface area contributed by atoms with E-state index >= 15 is 0 Å². The summed E-state index contributed by atoms with van der Waals surface area (Å²) in [5, 5.41) is 17.7. The zero-order valence-electron chi connectivity index (χ0n) is 12.6. The molecule has 10 heteroatoms. The minimum atomic E-state index is -0.911. The Bertz CT molecular complexity index is 596. The fourth-order valence-corrected chi connectivity index (χ4v) is 1.65. The lowest BCUT2D eigenvalue weighted by Crippen LogP contribution is -2.46. The number of carbonyl (C=O) groups excluding carboxylic acids is 2. The molecule has 0 aliphatic carbocycles. The fraction of sp³-hybridized carbons (Fsp3) is 0.385. The molecule has 1 atom stereocenters. The number of halogens is 1. The van der Waals surface area contributed by atoms with Crippen molar-refractivity contribution in [2.24, 2.45) is 0 Å². The third kappa shape index (κ3) is 5.41. The molecule has 9 nitrogen and oxygen atoms in total. The van der Waals surface area contributed by atoms with Gasteiger partial charge in [-0.25, -0.2) is 9.18 Å². The molecule has 0 spiro atoms. The molecule has 1 aromatic rings. The highest BCUT2D eigenvalue weighted by atomic mass is 19.1. The van der Waals surface area contributed by atoms with Crippen LogP contribution in [0.2, 0.25) is 0 Å². The van der Waals surface area contributed by atoms with E-state index in [4.69, 9.17) is 4.74 Å². The second-order valence-corrected chi connectivity index (χ2v) is 4.44. The average molecular weight is 328 g/mol. The van der Waals surface area contributed by atoms with Gasteiger partial charge in [-0.3, -0.25) is 14.9 Å². The predicted octanol–water partition coefficient (Wildman–Crippen LogP) is 1.20. The number of anilines is 1. The molecular formula is C13H17FN4O5. The Morgan fingerprint density at radius 2 is 2.13 bits per heavy atom. The van der Waals surface area contributed by atoms with Crippen molar-refractivity contribution in [3.63, 3.8) is 0 Å². The lowest BCUT2D eigenvalue weighted by molar-refractivity contribution is -0.384. The number of rotatable bonds is 7. The van der Waals surface area contributed by atoms with Crippen molar-refractivity contribution in [2.45, 2.75) is 13.0 Å². The molecule has 0 fully saturated rings. The monoisotopic (exact) mass is 328 g/mol. The molecule has 0 radical (unpaired) electrons. The van der Waals surface area contributed by atoms with Crippen molar-refractivity contribution >= 4 is 23.3 Å². The zero-order chi connectivity index (χ0) is 17.4. The first-order valence-electron chi connectivity index (χ1n) is 6.62. The van der Waals surface area contributed by atoms with Gasteiger partial charge < -0.3 is 20.7 Å². The molecule has 0 aliphatic heterocycles. The molecule has 23 heavy (non-hydrogen) atoms. The Balaban J connectivity index is 2.74. The van der Waals surface area contributed by atoms with Crippen LogP contribution in [0.4, 0.5) is 20.6 Å². The number of methoxy groups -OCH3 is 1. The first-order valence-corrected chi connectivity index (χ1v) is 6.62. The number of carbonyl (C=O) groups is 2. The van der Waals surface area contributed by atoms with Gasteiger partial charge in [0.15, 0.2) is 0 Å². The predicted molar refractivity (Wildman–Crippen MR) is 80.2 cm³/mol. The summed E-state index contributed by atoms with van der Waals surface area (Å²) in [6, 6.07) is 2.03. The van der Waals surface area contributed by atoms with Gasteiger partial charge in [0.25, 0.3) is 5.69 Å². The molecule has 0 saturated carbocycles. The van der Waals surface area contributed by atoms with Gasteiger partial charge in [0, 0.05) is 18.7 Å². The van der Waals surface area contributed by atoms with E-state index in [0.717, 1.165) is 6.07 Å². The maximum absolute atomic E-state index is 12.0. The number of urea groups is 1. The van der Waals surface area contributed by atoms with Gasteiger partial charge in [0.1, 0.15) is 18.5 Å². The summed E-state index contributed by atoms with van der Waals surface area (Å²) in [5.41, 5.74) is -0.148. The Morgan fingerprint density at radius 3 is 2.70 bits per heavy atom. The van der Waals surface area contributed by atoms with Crippen LogP contribution in [-0.4, -0.2) is 43.2 Å². The summed E-state index contributed by atoms with van der Waals surface area (Å²) in [6.07, 6.45) is 0. The van der Waals surface area contributed by atoms with Gasteiger partial charge >= 0.3 is 6.03 Å². The summed E-state index contributed by atoms with van der Waals surface area (Å²) in [4.78, 5) is 33.5. The number of hydrogen-bond acceptors (Lipinski definition) is 5. The number of non-ortho nitro benzene ring substituents is 1. The Kier molecular flexibility index (Phi) is 6.71. The first kappa shape index (κ1) is 18.1. The van der Waals surface area contributed by atoms with Crippen LogP contribution in [0, 0.1) is 10.1 Å². The maximum Gasteiger partial charge on any atom is 0.319 e. The Hall–Kier alpha value is -2.91. The van der Waals surface area contributed by atoms with Gasteiger partial charge in [-0.15, -0.1) is 0 Å². The van der Waals surface area contributed by atoms with E-state index in [0.29, 0.717) is 0 Å². The largest absolute Gasteiger partial charge is 0.495 e. The lowest BCUT2D eigenvalue weighted by atomic mass is 10.2. The molecule has 0 heterocycles. The Labute approximate surface area is 131 Å². The van der Waals surface area contributed by atoms with Crippen molar-refractivity contribution in [3.05, 3.63) is 28.3 Å². The third-order valence-corrected chi connectivity index (χ3v) is 2.78. The molecule has 3 N–H and O–H groups in total. The number of nitro benzene ring substituents is 1. The van der Waals surface area contributed by atoms with Gasteiger partial charge in [-0.05, 0) is 13.0 Å². The van der Waals surface area contributed by atoms with Crippen LogP contribution in [0.25, 0.3) is 0 Å². The van der Waals surface area contributed by atoms with E-state index in [2.05, 4.69) is 16.0 Å². The summed E-state index contributed by atoms with van der Waals surface area (Å²) < 4.78 is 17.0. The number of alkyl halides is 1. The van der Waals surface area contributed by atoms with E-state index in [-0.39, 0.29) is 23.7 Å². The summed E-state index contributed by atoms with van der Waals surface area (Å²) in [5.74, 6) is -0.330. The first-order chi connectivity index (χ1) is 10.9. The van der Waals surface area contributed by atoms with Crippen molar-refractivity contribution in [1.29, 1.82) is 0 Å². The number of nitrogens with one attached hydrogen (secondary N) is 3. The van der Waals surface area contributed by atoms with Crippen LogP contribution in [0.3, 0.4) is 0 Å². The average Bonchev–Trinajstić information content (AvgIpc) is 2.52.